The summed E-state index contributed by atoms with van der Waals surface area (Å²) in [6.45, 7) is 3.68. The number of nitrogens with zero attached hydrogens (tertiary/aromatic N) is 1. The molecule has 0 saturated carbocycles. The minimum atomic E-state index is -0.310. The van der Waals surface area contributed by atoms with E-state index < -0.39 is 0 Å². The molecule has 1 heterocycles. The Balaban J connectivity index is 1.78. The van der Waals surface area contributed by atoms with Crippen molar-refractivity contribution in [1.29, 1.82) is 0 Å². The average molecular weight is 296 g/mol. The number of amides is 2. The Bertz CT molecular complexity index is 458. The molecule has 1 aliphatic rings. The van der Waals surface area contributed by atoms with Crippen molar-refractivity contribution in [2.24, 2.45) is 5.73 Å². The third-order valence-corrected chi connectivity index (χ3v) is 3.99. The molecule has 1 atom stereocenters. The van der Waals surface area contributed by atoms with Crippen molar-refractivity contribution in [3.8, 4) is 0 Å². The summed E-state index contributed by atoms with van der Waals surface area (Å²) >= 11 is 6.00. The molecule has 0 spiro atoms. The summed E-state index contributed by atoms with van der Waals surface area (Å²) < 4.78 is 0. The monoisotopic (exact) mass is 295 g/mol. The maximum Gasteiger partial charge on any atom is 0.314 e. The van der Waals surface area contributed by atoms with Crippen LogP contribution in [0, 0.1) is 0 Å². The maximum absolute atomic E-state index is 11.1. The topological polar surface area (TPSA) is 58.4 Å². The number of carbonyl (C=O) groups excluding carboxylic acids is 1. The lowest BCUT2D eigenvalue weighted by molar-refractivity contribution is 0.183. The first kappa shape index (κ1) is 15.1. The molecule has 1 aromatic carbocycles. The van der Waals surface area contributed by atoms with Crippen LogP contribution < -0.4 is 11.1 Å². The number of nitrogens with one attached hydrogen (secondary N) is 1. The standard InChI is InChI=1S/C15H22ClN3O/c1-11(9-12-3-2-4-13(16)10-12)18-14-5-7-19(8-6-14)15(17)20/h2-4,10-11,14,18H,5-9H2,1H3,(H2,17,20). The minimum absolute atomic E-state index is 0.310. The van der Waals surface area contributed by atoms with E-state index in [1.807, 2.05) is 18.2 Å². The molecule has 2 rings (SSSR count). The zero-order valence-corrected chi connectivity index (χ0v) is 12.6. The van der Waals surface area contributed by atoms with Crippen LogP contribution in [0.2, 0.25) is 5.02 Å². The summed E-state index contributed by atoms with van der Waals surface area (Å²) in [6.07, 6.45) is 2.88. The summed E-state index contributed by atoms with van der Waals surface area (Å²) in [6, 6.07) is 8.52. The van der Waals surface area contributed by atoms with Gasteiger partial charge >= 0.3 is 6.03 Å². The molecule has 5 heteroatoms. The van der Waals surface area contributed by atoms with Gasteiger partial charge in [-0.2, -0.15) is 0 Å². The van der Waals surface area contributed by atoms with Gasteiger partial charge in [0.25, 0.3) is 0 Å². The molecule has 1 fully saturated rings. The van der Waals surface area contributed by atoms with Crippen LogP contribution >= 0.6 is 11.6 Å². The van der Waals surface area contributed by atoms with Gasteiger partial charge in [-0.15, -0.1) is 0 Å². The second-order valence-corrected chi connectivity index (χ2v) is 5.94. The predicted molar refractivity (Wildman–Crippen MR) is 81.9 cm³/mol. The largest absolute Gasteiger partial charge is 0.351 e. The lowest BCUT2D eigenvalue weighted by Crippen LogP contribution is -2.48. The molecule has 3 N–H and O–H groups in total. The Morgan fingerprint density at radius 2 is 2.20 bits per heavy atom. The van der Waals surface area contributed by atoms with Gasteiger partial charge in [-0.05, 0) is 43.9 Å². The van der Waals surface area contributed by atoms with Crippen LogP contribution in [0.1, 0.15) is 25.3 Å². The van der Waals surface area contributed by atoms with Crippen molar-refractivity contribution in [3.05, 3.63) is 34.9 Å². The Kier molecular flexibility index (Phi) is 5.26. The average Bonchev–Trinajstić information content (AvgIpc) is 2.39. The highest BCUT2D eigenvalue weighted by Gasteiger charge is 2.22. The smallest absolute Gasteiger partial charge is 0.314 e. The molecule has 1 aromatic rings. The number of likely N-dealkylation sites (tertiary alicyclic amines) is 1. The number of hydrogen-bond acceptors (Lipinski definition) is 2. The molecule has 1 aliphatic heterocycles. The van der Waals surface area contributed by atoms with Gasteiger partial charge < -0.3 is 16.0 Å². The lowest BCUT2D eigenvalue weighted by Gasteiger charge is -2.33. The van der Waals surface area contributed by atoms with Gasteiger partial charge in [-0.25, -0.2) is 4.79 Å². The molecule has 110 valence electrons. The number of halogens is 1. The van der Waals surface area contributed by atoms with Crippen LogP contribution in [0.3, 0.4) is 0 Å². The maximum atomic E-state index is 11.1. The fraction of sp³-hybridized carbons (Fsp3) is 0.533. The number of carbonyl (C=O) groups is 1. The SMILES string of the molecule is CC(Cc1cccc(Cl)c1)NC1CCN(C(N)=O)CC1. The molecule has 0 aliphatic carbocycles. The van der Waals surface area contributed by atoms with E-state index >= 15 is 0 Å². The molecule has 20 heavy (non-hydrogen) atoms. The fourth-order valence-electron chi connectivity index (χ4n) is 2.75. The van der Waals surface area contributed by atoms with Crippen LogP contribution in [-0.2, 0) is 6.42 Å². The minimum Gasteiger partial charge on any atom is -0.351 e. The van der Waals surface area contributed by atoms with Crippen LogP contribution in [-0.4, -0.2) is 36.1 Å². The molecular formula is C15H22ClN3O. The number of piperidine rings is 1. The van der Waals surface area contributed by atoms with E-state index in [1.54, 1.807) is 4.90 Å². The van der Waals surface area contributed by atoms with E-state index in [-0.39, 0.29) is 6.03 Å². The van der Waals surface area contributed by atoms with Gasteiger partial charge in [0.15, 0.2) is 0 Å². The molecule has 0 aromatic heterocycles. The van der Waals surface area contributed by atoms with Crippen molar-refractivity contribution in [2.75, 3.05) is 13.1 Å². The first-order chi connectivity index (χ1) is 9.54. The van der Waals surface area contributed by atoms with E-state index in [2.05, 4.69) is 18.3 Å². The molecule has 4 nitrogen and oxygen atoms in total. The van der Waals surface area contributed by atoms with Crippen molar-refractivity contribution in [3.63, 3.8) is 0 Å². The Labute approximate surface area is 125 Å². The normalized spacial score (nSPS) is 18.0. The number of urea groups is 1. The van der Waals surface area contributed by atoms with Crippen LogP contribution in [0.15, 0.2) is 24.3 Å². The number of primary amides is 1. The molecule has 1 unspecified atom stereocenters. The quantitative estimate of drug-likeness (QED) is 0.896. The van der Waals surface area contributed by atoms with Gasteiger partial charge in [-0.1, -0.05) is 23.7 Å². The second-order valence-electron chi connectivity index (χ2n) is 5.50. The molecule has 0 radical (unpaired) electrons. The number of benzene rings is 1. The van der Waals surface area contributed by atoms with E-state index in [0.29, 0.717) is 12.1 Å². The first-order valence-electron chi connectivity index (χ1n) is 7.09. The van der Waals surface area contributed by atoms with Gasteiger partial charge in [0.1, 0.15) is 0 Å². The van der Waals surface area contributed by atoms with Crippen molar-refractivity contribution >= 4 is 17.6 Å². The van der Waals surface area contributed by atoms with E-state index in [1.165, 1.54) is 5.56 Å². The predicted octanol–water partition coefficient (Wildman–Crippen LogP) is 2.40. The Morgan fingerprint density at radius 1 is 1.50 bits per heavy atom. The number of hydrogen-bond donors (Lipinski definition) is 2. The first-order valence-corrected chi connectivity index (χ1v) is 7.47. The van der Waals surface area contributed by atoms with Crippen molar-refractivity contribution in [1.82, 2.24) is 10.2 Å². The second kappa shape index (κ2) is 6.95. The van der Waals surface area contributed by atoms with E-state index in [4.69, 9.17) is 17.3 Å². The zero-order valence-electron chi connectivity index (χ0n) is 11.8. The highest BCUT2D eigenvalue weighted by molar-refractivity contribution is 6.30. The highest BCUT2D eigenvalue weighted by atomic mass is 35.5. The Morgan fingerprint density at radius 3 is 2.80 bits per heavy atom. The summed E-state index contributed by atoms with van der Waals surface area (Å²) in [4.78, 5) is 12.8. The fourth-order valence-corrected chi connectivity index (χ4v) is 2.96. The summed E-state index contributed by atoms with van der Waals surface area (Å²) in [7, 11) is 0. The summed E-state index contributed by atoms with van der Waals surface area (Å²) in [5.74, 6) is 0. The van der Waals surface area contributed by atoms with E-state index in [0.717, 1.165) is 37.4 Å². The summed E-state index contributed by atoms with van der Waals surface area (Å²) in [5, 5.41) is 4.41. The van der Waals surface area contributed by atoms with Gasteiger partial charge in [-0.3, -0.25) is 0 Å². The number of nitrogens with two attached hydrogens (primary N) is 1. The van der Waals surface area contributed by atoms with Crippen molar-refractivity contribution < 1.29 is 4.79 Å². The van der Waals surface area contributed by atoms with Crippen LogP contribution in [0.4, 0.5) is 4.79 Å². The van der Waals surface area contributed by atoms with Gasteiger partial charge in [0, 0.05) is 30.2 Å². The van der Waals surface area contributed by atoms with E-state index in [9.17, 15) is 4.79 Å². The molecule has 0 bridgehead atoms. The number of rotatable bonds is 4. The van der Waals surface area contributed by atoms with Gasteiger partial charge in [0.2, 0.25) is 0 Å². The zero-order chi connectivity index (χ0) is 14.5. The van der Waals surface area contributed by atoms with Crippen LogP contribution in [0.25, 0.3) is 0 Å². The molecule has 2 amide bonds. The van der Waals surface area contributed by atoms with Crippen LogP contribution in [0.5, 0.6) is 0 Å². The lowest BCUT2D eigenvalue weighted by atomic mass is 10.0. The Hall–Kier alpha value is -1.26. The van der Waals surface area contributed by atoms with Gasteiger partial charge in [0.05, 0.1) is 0 Å². The third-order valence-electron chi connectivity index (χ3n) is 3.76. The van der Waals surface area contributed by atoms with Crippen molar-refractivity contribution in [2.45, 2.75) is 38.3 Å². The highest BCUT2D eigenvalue weighted by Crippen LogP contribution is 2.14. The summed E-state index contributed by atoms with van der Waals surface area (Å²) in [5.41, 5.74) is 6.53. The molecular weight excluding hydrogens is 274 g/mol. The third kappa shape index (κ3) is 4.39. The molecule has 1 saturated heterocycles.